The van der Waals surface area contributed by atoms with Crippen molar-refractivity contribution in [2.75, 3.05) is 18.5 Å². The van der Waals surface area contributed by atoms with Crippen LogP contribution in [0.4, 0.5) is 5.69 Å². The number of hydrogen-bond donors (Lipinski definition) is 2. The first-order valence-corrected chi connectivity index (χ1v) is 11.1. The fraction of sp³-hybridized carbons (Fsp3) is 0.308. The lowest BCUT2D eigenvalue weighted by molar-refractivity contribution is -0.142. The minimum Gasteiger partial charge on any atom is -0.481 e. The second kappa shape index (κ2) is 9.73. The zero-order chi connectivity index (χ0) is 22.5. The first-order valence-electron chi connectivity index (χ1n) is 11.1. The third-order valence-electron chi connectivity index (χ3n) is 5.53. The van der Waals surface area contributed by atoms with Crippen LogP contribution in [0.1, 0.15) is 49.5 Å². The zero-order valence-corrected chi connectivity index (χ0v) is 18.4. The smallest absolute Gasteiger partial charge is 0.332 e. The Labute approximate surface area is 188 Å². The minimum atomic E-state index is -0.515. The van der Waals surface area contributed by atoms with Crippen LogP contribution in [0.15, 0.2) is 54.1 Å². The number of rotatable bonds is 7. The maximum absolute atomic E-state index is 12.1. The molecule has 2 N–H and O–H groups in total. The largest absolute Gasteiger partial charge is 0.481 e. The van der Waals surface area contributed by atoms with Crippen LogP contribution >= 0.6 is 0 Å². The molecule has 2 aromatic carbocycles. The molecule has 0 radical (unpaired) electrons. The molecular formula is C26H28N2O4. The number of nitrogens with one attached hydrogen (secondary N) is 2. The minimum absolute atomic E-state index is 0.0277. The van der Waals surface area contributed by atoms with E-state index in [-0.39, 0.29) is 18.0 Å². The van der Waals surface area contributed by atoms with Gasteiger partial charge in [-0.2, -0.15) is 0 Å². The Hall–Kier alpha value is -3.54. The highest BCUT2D eigenvalue weighted by Crippen LogP contribution is 2.42. The highest BCUT2D eigenvalue weighted by Gasteiger charge is 2.29. The van der Waals surface area contributed by atoms with Crippen LogP contribution < -0.4 is 15.4 Å². The van der Waals surface area contributed by atoms with Gasteiger partial charge in [-0.25, -0.2) is 4.79 Å². The van der Waals surface area contributed by atoms with E-state index >= 15 is 0 Å². The van der Waals surface area contributed by atoms with Crippen LogP contribution in [-0.2, 0) is 14.3 Å². The second-order valence-corrected chi connectivity index (χ2v) is 7.83. The lowest BCUT2D eigenvalue weighted by Crippen LogP contribution is -2.32. The summed E-state index contributed by atoms with van der Waals surface area (Å²) in [6.45, 7) is 4.53. The molecule has 2 unspecified atom stereocenters. The zero-order valence-electron chi connectivity index (χ0n) is 18.4. The molecule has 0 aliphatic carbocycles. The van der Waals surface area contributed by atoms with Gasteiger partial charge in [0.15, 0.2) is 0 Å². The standard InChI is InChI=1S/C26H28N2O4/c1-3-8-24(29)27-16-18-15-20-19-11-12-22(26(30)31-4-2)28-21(19)13-14-23(20)32-25(18)17-9-6-5-7-10-17/h5-7,9-15,22,25,28H,3-4,8,16H2,1-2H3,(H,27,29). The van der Waals surface area contributed by atoms with Gasteiger partial charge in [0.05, 0.1) is 6.61 Å². The van der Waals surface area contributed by atoms with Gasteiger partial charge in [0, 0.05) is 29.8 Å². The van der Waals surface area contributed by atoms with Gasteiger partial charge in [-0.05, 0) is 42.7 Å². The molecule has 0 bridgehead atoms. The molecule has 6 heteroatoms. The van der Waals surface area contributed by atoms with Crippen molar-refractivity contribution in [2.45, 2.75) is 38.8 Å². The number of ether oxygens (including phenoxy) is 2. The second-order valence-electron chi connectivity index (χ2n) is 7.83. The van der Waals surface area contributed by atoms with E-state index in [1.165, 1.54) is 0 Å². The molecule has 0 saturated carbocycles. The van der Waals surface area contributed by atoms with Crippen molar-refractivity contribution in [1.82, 2.24) is 5.32 Å². The van der Waals surface area contributed by atoms with Gasteiger partial charge in [-0.1, -0.05) is 49.4 Å². The average Bonchev–Trinajstić information content (AvgIpc) is 2.82. The number of hydrogen-bond acceptors (Lipinski definition) is 5. The molecular weight excluding hydrogens is 404 g/mol. The van der Waals surface area contributed by atoms with E-state index in [0.717, 1.165) is 40.1 Å². The van der Waals surface area contributed by atoms with Gasteiger partial charge in [0.2, 0.25) is 5.91 Å². The summed E-state index contributed by atoms with van der Waals surface area (Å²) in [4.78, 5) is 24.3. The van der Waals surface area contributed by atoms with E-state index < -0.39 is 6.04 Å². The predicted octanol–water partition coefficient (Wildman–Crippen LogP) is 4.49. The summed E-state index contributed by atoms with van der Waals surface area (Å²) in [6, 6.07) is 13.3. The molecule has 166 valence electrons. The number of benzene rings is 2. The van der Waals surface area contributed by atoms with Crippen LogP contribution in [0, 0.1) is 0 Å². The normalized spacial score (nSPS) is 18.4. The lowest BCUT2D eigenvalue weighted by Gasteiger charge is -2.31. The molecule has 6 nitrogen and oxygen atoms in total. The van der Waals surface area contributed by atoms with Gasteiger partial charge < -0.3 is 20.1 Å². The van der Waals surface area contributed by atoms with Crippen molar-refractivity contribution in [2.24, 2.45) is 0 Å². The molecule has 1 amide bonds. The Morgan fingerprint density at radius 1 is 1.09 bits per heavy atom. The Bertz CT molecular complexity index is 1060. The van der Waals surface area contributed by atoms with Crippen LogP contribution in [0.2, 0.25) is 0 Å². The van der Waals surface area contributed by atoms with Crippen LogP contribution in [0.25, 0.3) is 12.2 Å². The number of esters is 1. The van der Waals surface area contributed by atoms with Gasteiger partial charge in [0.1, 0.15) is 17.9 Å². The Morgan fingerprint density at radius 3 is 2.66 bits per heavy atom. The van der Waals surface area contributed by atoms with Gasteiger partial charge in [-0.3, -0.25) is 4.79 Å². The Kier molecular flexibility index (Phi) is 6.59. The van der Waals surface area contributed by atoms with Crippen molar-refractivity contribution >= 4 is 29.7 Å². The molecule has 0 aromatic heterocycles. The molecule has 0 spiro atoms. The van der Waals surface area contributed by atoms with E-state index in [4.69, 9.17) is 9.47 Å². The highest BCUT2D eigenvalue weighted by molar-refractivity contribution is 5.90. The number of carbonyl (C=O) groups is 2. The molecule has 2 aliphatic rings. The van der Waals surface area contributed by atoms with Gasteiger partial charge >= 0.3 is 5.97 Å². The Morgan fingerprint density at radius 2 is 1.91 bits per heavy atom. The van der Waals surface area contributed by atoms with E-state index in [2.05, 4.69) is 16.7 Å². The number of carbonyl (C=O) groups excluding carboxylic acids is 2. The molecule has 2 atom stereocenters. The first kappa shape index (κ1) is 21.7. The third kappa shape index (κ3) is 4.54. The summed E-state index contributed by atoms with van der Waals surface area (Å²) in [5.41, 5.74) is 4.73. The molecule has 0 fully saturated rings. The van der Waals surface area contributed by atoms with Gasteiger partial charge in [0.25, 0.3) is 0 Å². The molecule has 2 aliphatic heterocycles. The highest BCUT2D eigenvalue weighted by atomic mass is 16.5. The van der Waals surface area contributed by atoms with Crippen LogP contribution in [-0.4, -0.2) is 31.1 Å². The SMILES string of the molecule is CCCC(=O)NCC1=Cc2c(ccc3c2C=CC(C(=O)OCC)N3)OC1c1ccccc1. The molecule has 2 heterocycles. The summed E-state index contributed by atoms with van der Waals surface area (Å²) in [5, 5.41) is 6.26. The lowest BCUT2D eigenvalue weighted by atomic mass is 9.91. The summed E-state index contributed by atoms with van der Waals surface area (Å²) < 4.78 is 11.6. The van der Waals surface area contributed by atoms with E-state index in [1.807, 2.05) is 55.5 Å². The summed E-state index contributed by atoms with van der Waals surface area (Å²) in [5.74, 6) is 0.490. The van der Waals surface area contributed by atoms with Crippen LogP contribution in [0.3, 0.4) is 0 Å². The molecule has 4 rings (SSSR count). The first-order chi connectivity index (χ1) is 15.6. The molecule has 0 saturated heterocycles. The summed E-state index contributed by atoms with van der Waals surface area (Å²) >= 11 is 0. The van der Waals surface area contributed by atoms with E-state index in [0.29, 0.717) is 19.6 Å². The predicted molar refractivity (Wildman–Crippen MR) is 125 cm³/mol. The van der Waals surface area contributed by atoms with Gasteiger partial charge in [-0.15, -0.1) is 0 Å². The topological polar surface area (TPSA) is 76.7 Å². The third-order valence-corrected chi connectivity index (χ3v) is 5.53. The monoisotopic (exact) mass is 432 g/mol. The maximum Gasteiger partial charge on any atom is 0.332 e. The van der Waals surface area contributed by atoms with E-state index in [9.17, 15) is 9.59 Å². The van der Waals surface area contributed by atoms with Crippen molar-refractivity contribution in [3.05, 3.63) is 70.8 Å². The average molecular weight is 433 g/mol. The van der Waals surface area contributed by atoms with Crippen molar-refractivity contribution in [3.8, 4) is 5.75 Å². The summed E-state index contributed by atoms with van der Waals surface area (Å²) in [7, 11) is 0. The fourth-order valence-electron chi connectivity index (χ4n) is 3.98. The quantitative estimate of drug-likeness (QED) is 0.631. The maximum atomic E-state index is 12.1. The van der Waals surface area contributed by atoms with Crippen molar-refractivity contribution in [3.63, 3.8) is 0 Å². The van der Waals surface area contributed by atoms with Crippen LogP contribution in [0.5, 0.6) is 5.75 Å². The Balaban J connectivity index is 1.67. The molecule has 2 aromatic rings. The van der Waals surface area contributed by atoms with E-state index in [1.54, 1.807) is 13.0 Å². The summed E-state index contributed by atoms with van der Waals surface area (Å²) in [6.07, 6.45) is 6.85. The molecule has 32 heavy (non-hydrogen) atoms. The number of anilines is 1. The fourth-order valence-corrected chi connectivity index (χ4v) is 3.98. The van der Waals surface area contributed by atoms with Crippen molar-refractivity contribution in [1.29, 1.82) is 0 Å². The number of fused-ring (bicyclic) bond motifs is 3. The van der Waals surface area contributed by atoms with Crippen molar-refractivity contribution < 1.29 is 19.1 Å². The number of amides is 1.